The first kappa shape index (κ1) is 22.0. The van der Waals surface area contributed by atoms with Crippen LogP contribution >= 0.6 is 16.1 Å². The molecule has 0 spiro atoms. The summed E-state index contributed by atoms with van der Waals surface area (Å²) in [6, 6.07) is 7.67. The Morgan fingerprint density at radius 1 is 1.20 bits per heavy atom. The average Bonchev–Trinajstić information content (AvgIpc) is 2.58. The summed E-state index contributed by atoms with van der Waals surface area (Å²) >= 11 is 0. The van der Waals surface area contributed by atoms with Crippen LogP contribution in [0, 0.1) is 4.91 Å². The molecule has 0 fully saturated rings. The molecule has 2 unspecified atom stereocenters. The fourth-order valence-corrected chi connectivity index (χ4v) is 3.90. The number of hydrogen-bond acceptors (Lipinski definition) is 7. The van der Waals surface area contributed by atoms with Crippen LogP contribution in [-0.4, -0.2) is 42.2 Å². The number of hydrogen-bond donors (Lipinski definition) is 1. The van der Waals surface area contributed by atoms with E-state index in [1.54, 1.807) is 4.90 Å². The van der Waals surface area contributed by atoms with Gasteiger partial charge in [-0.3, -0.25) is 14.0 Å². The molecule has 8 nitrogen and oxygen atoms in total. The van der Waals surface area contributed by atoms with Crippen LogP contribution in [0.15, 0.2) is 29.4 Å². The summed E-state index contributed by atoms with van der Waals surface area (Å²) in [5.41, 5.74) is 1.04. The van der Waals surface area contributed by atoms with E-state index in [2.05, 4.69) is 12.1 Å². The topological polar surface area (TPSA) is 106 Å². The Labute approximate surface area is 149 Å². The second-order valence-electron chi connectivity index (χ2n) is 5.47. The van der Waals surface area contributed by atoms with Gasteiger partial charge in [0.25, 0.3) is 0 Å². The van der Waals surface area contributed by atoms with Gasteiger partial charge in [0.15, 0.2) is 6.73 Å². The van der Waals surface area contributed by atoms with Crippen molar-refractivity contribution >= 4 is 16.1 Å². The lowest BCUT2D eigenvalue weighted by molar-refractivity contribution is 0.303. The van der Waals surface area contributed by atoms with Crippen molar-refractivity contribution in [1.82, 2.24) is 4.90 Å². The molecular weight excluding hydrogens is 366 g/mol. The highest BCUT2D eigenvalue weighted by molar-refractivity contribution is 7.39. The van der Waals surface area contributed by atoms with Gasteiger partial charge < -0.3 is 14.2 Å². The van der Waals surface area contributed by atoms with Crippen molar-refractivity contribution < 1.29 is 23.3 Å². The van der Waals surface area contributed by atoms with Gasteiger partial charge in [-0.1, -0.05) is 25.5 Å². The molecule has 0 saturated heterocycles. The molecule has 25 heavy (non-hydrogen) atoms. The maximum absolute atomic E-state index is 11.7. The Kier molecular flexibility index (Phi) is 11.6. The summed E-state index contributed by atoms with van der Waals surface area (Å²) in [4.78, 5) is 20.7. The second kappa shape index (κ2) is 13.2. The van der Waals surface area contributed by atoms with Crippen LogP contribution in [0.1, 0.15) is 25.3 Å². The molecule has 2 atom stereocenters. The minimum Gasteiger partial charge on any atom is -0.494 e. The summed E-state index contributed by atoms with van der Waals surface area (Å²) in [6.07, 6.45) is 2.69. The zero-order chi connectivity index (χ0) is 18.5. The van der Waals surface area contributed by atoms with E-state index in [9.17, 15) is 14.0 Å². The van der Waals surface area contributed by atoms with Crippen molar-refractivity contribution in [1.29, 1.82) is 0 Å². The van der Waals surface area contributed by atoms with Crippen molar-refractivity contribution in [3.63, 3.8) is 0 Å². The fraction of sp³-hybridized carbons (Fsp3) is 0.600. The van der Waals surface area contributed by atoms with Crippen LogP contribution < -0.4 is 4.74 Å². The Morgan fingerprint density at radius 2 is 1.92 bits per heavy atom. The molecule has 0 aliphatic rings. The molecule has 142 valence electrons. The molecular formula is C15H26N2O6P2. The van der Waals surface area contributed by atoms with Crippen LogP contribution in [0.5, 0.6) is 5.75 Å². The quantitative estimate of drug-likeness (QED) is 0.294. The van der Waals surface area contributed by atoms with Gasteiger partial charge in [0.1, 0.15) is 5.75 Å². The molecule has 0 saturated carbocycles. The van der Waals surface area contributed by atoms with Gasteiger partial charge in [-0.15, -0.1) is 4.91 Å². The highest BCUT2D eigenvalue weighted by Gasteiger charge is 2.12. The van der Waals surface area contributed by atoms with Gasteiger partial charge in [0.05, 0.1) is 19.2 Å². The van der Waals surface area contributed by atoms with Crippen LogP contribution in [0.2, 0.25) is 0 Å². The largest absolute Gasteiger partial charge is 0.494 e. The third-order valence-electron chi connectivity index (χ3n) is 3.40. The van der Waals surface area contributed by atoms with Crippen molar-refractivity contribution in [2.45, 2.75) is 26.2 Å². The summed E-state index contributed by atoms with van der Waals surface area (Å²) in [6.45, 7) is 2.78. The van der Waals surface area contributed by atoms with E-state index in [1.165, 1.54) is 0 Å². The third-order valence-corrected chi connectivity index (χ3v) is 5.27. The van der Waals surface area contributed by atoms with E-state index in [4.69, 9.17) is 14.2 Å². The van der Waals surface area contributed by atoms with Gasteiger partial charge in [0, 0.05) is 6.54 Å². The average molecular weight is 392 g/mol. The Balaban J connectivity index is 2.49. The van der Waals surface area contributed by atoms with E-state index in [1.807, 2.05) is 24.3 Å². The molecule has 0 bridgehead atoms. The van der Waals surface area contributed by atoms with Gasteiger partial charge in [0.2, 0.25) is 16.1 Å². The Morgan fingerprint density at radius 3 is 2.52 bits per heavy atom. The molecule has 0 radical (unpaired) electrons. The van der Waals surface area contributed by atoms with E-state index in [0.29, 0.717) is 19.6 Å². The summed E-state index contributed by atoms with van der Waals surface area (Å²) < 4.78 is 33.2. The number of unbranched alkanes of at least 4 members (excludes halogenated alkanes) is 1. The lowest BCUT2D eigenvalue weighted by Crippen LogP contribution is -2.25. The normalized spacial score (nSPS) is 13.6. The monoisotopic (exact) mass is 392 g/mol. The molecule has 1 rings (SSSR count). The predicted octanol–water partition coefficient (Wildman–Crippen LogP) is 3.31. The minimum atomic E-state index is -2.73. The van der Waals surface area contributed by atoms with Gasteiger partial charge in [-0.2, -0.15) is 0 Å². The molecule has 0 aliphatic heterocycles. The van der Waals surface area contributed by atoms with E-state index in [0.717, 1.165) is 24.2 Å². The fourth-order valence-electron chi connectivity index (χ4n) is 2.11. The first-order chi connectivity index (χ1) is 12.0. The lowest BCUT2D eigenvalue weighted by atomic mass is 10.1. The Hall–Kier alpha value is -1.04. The zero-order valence-electron chi connectivity index (χ0n) is 14.3. The molecule has 0 aromatic heterocycles. The minimum absolute atomic E-state index is 0.0232. The van der Waals surface area contributed by atoms with Gasteiger partial charge >= 0.3 is 0 Å². The second-order valence-corrected chi connectivity index (χ2v) is 7.93. The standard InChI is InChI=1S/C15H26N2O6P2/c1-2-3-10-22-15-6-4-14(5-7-15)8-9-17(12-24(19)20)13-25(21)23-11-16-18/h4-7,24-25H,2-3,8-13H2,1H3,(H,19,20). The molecule has 1 N–H and O–H groups in total. The molecule has 1 aromatic carbocycles. The summed E-state index contributed by atoms with van der Waals surface area (Å²) in [7, 11) is -5.22. The SMILES string of the molecule is CCCCOc1ccc(CCN(C[PH](=O)O)C[PH](=O)OCN=O)cc1. The molecule has 10 heteroatoms. The first-order valence-electron chi connectivity index (χ1n) is 8.15. The maximum Gasteiger partial charge on any atom is 0.207 e. The lowest BCUT2D eigenvalue weighted by Gasteiger charge is -2.20. The Bertz CT molecular complexity index is 555. The van der Waals surface area contributed by atoms with Gasteiger partial charge in [-0.05, 0) is 35.7 Å². The van der Waals surface area contributed by atoms with Crippen molar-refractivity contribution in [3.05, 3.63) is 34.7 Å². The molecule has 1 aromatic rings. The van der Waals surface area contributed by atoms with E-state index < -0.39 is 22.8 Å². The number of ether oxygens (including phenoxy) is 1. The van der Waals surface area contributed by atoms with Crippen molar-refractivity contribution in [2.75, 3.05) is 32.5 Å². The number of nitroso groups, excluding NO2 is 1. The summed E-state index contributed by atoms with van der Waals surface area (Å²) in [5, 5.41) is 2.49. The van der Waals surface area contributed by atoms with Crippen LogP contribution in [0.4, 0.5) is 0 Å². The van der Waals surface area contributed by atoms with Crippen LogP contribution in [0.25, 0.3) is 0 Å². The molecule has 0 aliphatic carbocycles. The zero-order valence-corrected chi connectivity index (χ0v) is 16.3. The number of benzene rings is 1. The van der Waals surface area contributed by atoms with Crippen molar-refractivity contribution in [2.24, 2.45) is 5.18 Å². The van der Waals surface area contributed by atoms with Crippen LogP contribution in [0.3, 0.4) is 0 Å². The first-order valence-corrected chi connectivity index (χ1v) is 11.2. The highest BCUT2D eigenvalue weighted by atomic mass is 31.1. The van der Waals surface area contributed by atoms with E-state index in [-0.39, 0.29) is 12.6 Å². The number of rotatable bonds is 14. The third kappa shape index (κ3) is 10.5. The molecule has 0 amide bonds. The smallest absolute Gasteiger partial charge is 0.207 e. The van der Waals surface area contributed by atoms with Gasteiger partial charge in [-0.25, -0.2) is 0 Å². The number of nitrogens with zero attached hydrogens (tertiary/aromatic N) is 2. The maximum atomic E-state index is 11.7. The predicted molar refractivity (Wildman–Crippen MR) is 99.0 cm³/mol. The summed E-state index contributed by atoms with van der Waals surface area (Å²) in [5.74, 6) is 0.814. The van der Waals surface area contributed by atoms with Crippen LogP contribution in [-0.2, 0) is 20.1 Å². The molecule has 0 heterocycles. The highest BCUT2D eigenvalue weighted by Crippen LogP contribution is 2.26. The van der Waals surface area contributed by atoms with Crippen molar-refractivity contribution in [3.8, 4) is 5.75 Å². The van der Waals surface area contributed by atoms with E-state index >= 15 is 0 Å².